The van der Waals surface area contributed by atoms with Crippen LogP contribution in [0.25, 0.3) is 0 Å². The second-order valence-electron chi connectivity index (χ2n) is 3.26. The van der Waals surface area contributed by atoms with Crippen molar-refractivity contribution in [1.82, 2.24) is 9.97 Å². The number of aromatic amines is 1. The zero-order chi connectivity index (χ0) is 12.4. The molecule has 0 aliphatic carbocycles. The van der Waals surface area contributed by atoms with Gasteiger partial charge in [0.25, 0.3) is 0 Å². The summed E-state index contributed by atoms with van der Waals surface area (Å²) in [7, 11) is -9.63. The molecule has 5 N–H and O–H groups in total. The third-order valence-corrected chi connectivity index (χ3v) is 5.86. The van der Waals surface area contributed by atoms with E-state index in [1.807, 2.05) is 0 Å². The van der Waals surface area contributed by atoms with Crippen LogP contribution in [0.5, 0.6) is 0 Å². The highest BCUT2D eigenvalue weighted by molar-refractivity contribution is 7.70. The zero-order valence-corrected chi connectivity index (χ0v) is 9.88. The number of nitrogens with zero attached hydrogens (tertiary/aromatic N) is 1. The predicted octanol–water partition coefficient (Wildman–Crippen LogP) is 0.0238. The van der Waals surface area contributed by atoms with Crippen LogP contribution >= 0.6 is 15.2 Å². The second kappa shape index (κ2) is 4.79. The Balaban J connectivity index is 2.74. The highest BCUT2D eigenvalue weighted by Gasteiger charge is 2.42. The molecule has 0 fully saturated rings. The largest absolute Gasteiger partial charge is 0.351 e. The molecule has 0 unspecified atom stereocenters. The SMILES string of the molecule is O=P(O)(O)C(CCc1c[nH]cn1)P(=O)(O)O. The van der Waals surface area contributed by atoms with Crippen LogP contribution in [-0.4, -0.2) is 34.9 Å². The normalized spacial score (nSPS) is 13.3. The lowest BCUT2D eigenvalue weighted by Crippen LogP contribution is -2.10. The summed E-state index contributed by atoms with van der Waals surface area (Å²) in [6.07, 6.45) is 2.64. The summed E-state index contributed by atoms with van der Waals surface area (Å²) in [5, 5.41) is -1.96. The summed E-state index contributed by atoms with van der Waals surface area (Å²) in [6.45, 7) is 0. The first-order valence-electron chi connectivity index (χ1n) is 4.29. The van der Waals surface area contributed by atoms with Gasteiger partial charge >= 0.3 is 15.2 Å². The Morgan fingerprint density at radius 1 is 1.25 bits per heavy atom. The smallest absolute Gasteiger partial charge is 0.340 e. The highest BCUT2D eigenvalue weighted by Crippen LogP contribution is 2.61. The van der Waals surface area contributed by atoms with Gasteiger partial charge in [-0.05, 0) is 12.8 Å². The molecule has 0 spiro atoms. The van der Waals surface area contributed by atoms with E-state index in [1.165, 1.54) is 12.5 Å². The second-order valence-corrected chi connectivity index (χ2v) is 7.27. The van der Waals surface area contributed by atoms with Crippen LogP contribution in [0.1, 0.15) is 12.1 Å². The van der Waals surface area contributed by atoms with Gasteiger partial charge in [0.1, 0.15) is 0 Å². The lowest BCUT2D eigenvalue weighted by atomic mass is 10.3. The fourth-order valence-corrected chi connectivity index (χ4v) is 3.74. The number of hydrogen-bond donors (Lipinski definition) is 5. The van der Waals surface area contributed by atoms with E-state index >= 15 is 0 Å². The van der Waals surface area contributed by atoms with Gasteiger partial charge in [0.2, 0.25) is 0 Å². The Hall–Kier alpha value is -0.490. The third-order valence-electron chi connectivity index (χ3n) is 1.99. The number of aromatic nitrogens is 2. The third kappa shape index (κ3) is 3.83. The number of rotatable bonds is 5. The summed E-state index contributed by atoms with van der Waals surface area (Å²) in [5.74, 6) is 0. The van der Waals surface area contributed by atoms with Gasteiger partial charge in [-0.3, -0.25) is 9.13 Å². The van der Waals surface area contributed by atoms with Crippen LogP contribution < -0.4 is 0 Å². The first-order chi connectivity index (χ1) is 7.21. The quantitative estimate of drug-likeness (QED) is 0.474. The molecule has 92 valence electrons. The number of hydrogen-bond acceptors (Lipinski definition) is 3. The van der Waals surface area contributed by atoms with Crippen molar-refractivity contribution in [3.8, 4) is 0 Å². The molecule has 1 aromatic rings. The predicted molar refractivity (Wildman–Crippen MR) is 54.8 cm³/mol. The van der Waals surface area contributed by atoms with Crippen LogP contribution in [0.2, 0.25) is 0 Å². The molecule has 16 heavy (non-hydrogen) atoms. The van der Waals surface area contributed by atoms with E-state index in [1.54, 1.807) is 0 Å². The standard InChI is InChI=1S/C6H12N2O6P2/c9-15(10,11)6(16(12,13)14)2-1-5-3-7-4-8-5/h3-4,6H,1-2H2,(H,7,8)(H2,9,10,11)(H2,12,13,14). The summed E-state index contributed by atoms with van der Waals surface area (Å²) in [5.41, 5.74) is 0.492. The molecule has 0 aliphatic heterocycles. The molecular weight excluding hydrogens is 258 g/mol. The van der Waals surface area contributed by atoms with Crippen molar-refractivity contribution in [2.75, 3.05) is 0 Å². The van der Waals surface area contributed by atoms with Gasteiger partial charge in [0, 0.05) is 6.20 Å². The van der Waals surface area contributed by atoms with Crippen molar-refractivity contribution in [2.24, 2.45) is 0 Å². The van der Waals surface area contributed by atoms with E-state index in [0.717, 1.165) is 0 Å². The molecular formula is C6H12N2O6P2. The van der Waals surface area contributed by atoms with Crippen LogP contribution in [-0.2, 0) is 15.6 Å². The zero-order valence-electron chi connectivity index (χ0n) is 8.09. The minimum atomic E-state index is -4.82. The van der Waals surface area contributed by atoms with Crippen molar-refractivity contribution in [1.29, 1.82) is 0 Å². The van der Waals surface area contributed by atoms with Gasteiger partial charge in [-0.1, -0.05) is 0 Å². The van der Waals surface area contributed by atoms with E-state index in [0.29, 0.717) is 5.69 Å². The van der Waals surface area contributed by atoms with Gasteiger partial charge in [0.05, 0.1) is 12.0 Å². The Morgan fingerprint density at radius 3 is 2.19 bits per heavy atom. The maximum atomic E-state index is 10.9. The Bertz CT molecular complexity index is 398. The molecule has 0 bridgehead atoms. The van der Waals surface area contributed by atoms with E-state index in [9.17, 15) is 9.13 Å². The average molecular weight is 270 g/mol. The van der Waals surface area contributed by atoms with Crippen LogP contribution in [0.4, 0.5) is 0 Å². The Morgan fingerprint density at radius 2 is 1.81 bits per heavy atom. The van der Waals surface area contributed by atoms with E-state index in [-0.39, 0.29) is 12.8 Å². The Labute approximate surface area is 91.1 Å². The molecule has 8 nitrogen and oxygen atoms in total. The molecule has 0 saturated carbocycles. The summed E-state index contributed by atoms with van der Waals surface area (Å²) in [4.78, 5) is 41.8. The first-order valence-corrected chi connectivity index (χ1v) is 7.65. The minimum Gasteiger partial charge on any atom is -0.351 e. The number of nitrogens with one attached hydrogen (secondary N) is 1. The molecule has 0 amide bonds. The summed E-state index contributed by atoms with van der Waals surface area (Å²) >= 11 is 0. The molecule has 0 saturated heterocycles. The lowest BCUT2D eigenvalue weighted by Gasteiger charge is -2.18. The van der Waals surface area contributed by atoms with Crippen molar-refractivity contribution in [3.05, 3.63) is 18.2 Å². The number of H-pyrrole nitrogens is 1. The Kier molecular flexibility index (Phi) is 4.07. The minimum absolute atomic E-state index is 0.0877. The van der Waals surface area contributed by atoms with Crippen LogP contribution in [0.3, 0.4) is 0 Å². The molecule has 1 heterocycles. The van der Waals surface area contributed by atoms with E-state index < -0.39 is 20.6 Å². The fourth-order valence-electron chi connectivity index (χ4n) is 1.24. The van der Waals surface area contributed by atoms with Crippen LogP contribution in [0, 0.1) is 0 Å². The molecule has 0 atom stereocenters. The molecule has 0 aliphatic rings. The van der Waals surface area contributed by atoms with Crippen molar-refractivity contribution < 1.29 is 28.7 Å². The molecule has 1 aromatic heterocycles. The van der Waals surface area contributed by atoms with Crippen molar-refractivity contribution in [3.63, 3.8) is 0 Å². The van der Waals surface area contributed by atoms with E-state index in [4.69, 9.17) is 19.6 Å². The molecule has 0 aromatic carbocycles. The van der Waals surface area contributed by atoms with Gasteiger partial charge in [0.15, 0.2) is 5.40 Å². The van der Waals surface area contributed by atoms with Crippen LogP contribution in [0.15, 0.2) is 12.5 Å². The van der Waals surface area contributed by atoms with E-state index in [2.05, 4.69) is 9.97 Å². The topological polar surface area (TPSA) is 144 Å². The summed E-state index contributed by atoms with van der Waals surface area (Å²) in [6, 6.07) is 0. The van der Waals surface area contributed by atoms with Gasteiger partial charge < -0.3 is 24.6 Å². The highest BCUT2D eigenvalue weighted by atomic mass is 31.2. The maximum absolute atomic E-state index is 10.9. The maximum Gasteiger partial charge on any atom is 0.340 e. The van der Waals surface area contributed by atoms with Gasteiger partial charge in [-0.2, -0.15) is 0 Å². The number of aryl methyl sites for hydroxylation is 1. The molecule has 10 heteroatoms. The fraction of sp³-hybridized carbons (Fsp3) is 0.500. The monoisotopic (exact) mass is 270 g/mol. The molecule has 0 radical (unpaired) electrons. The average Bonchev–Trinajstić information content (AvgIpc) is 2.51. The summed E-state index contributed by atoms with van der Waals surface area (Å²) < 4.78 is 21.8. The van der Waals surface area contributed by atoms with Gasteiger partial charge in [-0.15, -0.1) is 0 Å². The van der Waals surface area contributed by atoms with Crippen molar-refractivity contribution >= 4 is 15.2 Å². The lowest BCUT2D eigenvalue weighted by molar-refractivity contribution is 0.335. The van der Waals surface area contributed by atoms with Crippen molar-refractivity contribution in [2.45, 2.75) is 18.2 Å². The van der Waals surface area contributed by atoms with Gasteiger partial charge in [-0.25, -0.2) is 4.98 Å². The first kappa shape index (κ1) is 13.6. The number of imidazole rings is 1. The molecule has 1 rings (SSSR count).